The van der Waals surface area contributed by atoms with Crippen molar-refractivity contribution in [3.63, 3.8) is 0 Å². The Labute approximate surface area is 215 Å². The molecule has 0 unspecified atom stereocenters. The van der Waals surface area contributed by atoms with Gasteiger partial charge in [0.15, 0.2) is 5.13 Å². The summed E-state index contributed by atoms with van der Waals surface area (Å²) in [5.74, 6) is -2.13. The van der Waals surface area contributed by atoms with Gasteiger partial charge in [-0.15, -0.1) is 0 Å². The van der Waals surface area contributed by atoms with Gasteiger partial charge < -0.3 is 4.42 Å². The summed E-state index contributed by atoms with van der Waals surface area (Å²) in [6.07, 6.45) is 1.99. The molecular formula is C24H20ClF2N3O4S2. The van der Waals surface area contributed by atoms with E-state index in [0.717, 1.165) is 21.1 Å². The van der Waals surface area contributed by atoms with E-state index in [0.29, 0.717) is 27.5 Å². The predicted molar refractivity (Wildman–Crippen MR) is 132 cm³/mol. The largest absolute Gasteiger partial charge is 0.467 e. The topological polar surface area (TPSA) is 83.7 Å². The zero-order valence-electron chi connectivity index (χ0n) is 18.7. The number of nitrogens with zero attached hydrogens (tertiary/aromatic N) is 3. The zero-order chi connectivity index (χ0) is 25.4. The van der Waals surface area contributed by atoms with E-state index in [2.05, 4.69) is 4.98 Å². The van der Waals surface area contributed by atoms with Gasteiger partial charge in [0.25, 0.3) is 0 Å². The molecule has 0 radical (unpaired) electrons. The fourth-order valence-corrected chi connectivity index (χ4v) is 6.99. The van der Waals surface area contributed by atoms with Gasteiger partial charge in [-0.1, -0.05) is 29.0 Å². The van der Waals surface area contributed by atoms with Crippen molar-refractivity contribution in [1.29, 1.82) is 0 Å². The number of thiazole rings is 1. The van der Waals surface area contributed by atoms with E-state index < -0.39 is 32.5 Å². The van der Waals surface area contributed by atoms with E-state index >= 15 is 0 Å². The molecular weight excluding hydrogens is 532 g/mol. The summed E-state index contributed by atoms with van der Waals surface area (Å²) in [6, 6.07) is 11.3. The van der Waals surface area contributed by atoms with Gasteiger partial charge in [0.05, 0.1) is 22.5 Å². The maximum Gasteiger partial charge on any atom is 0.245 e. The molecule has 0 atom stereocenters. The molecule has 1 aliphatic rings. The smallest absolute Gasteiger partial charge is 0.245 e. The normalized spacial score (nSPS) is 15.4. The van der Waals surface area contributed by atoms with Gasteiger partial charge in [-0.2, -0.15) is 4.31 Å². The number of piperidine rings is 1. The lowest BCUT2D eigenvalue weighted by molar-refractivity contribution is -0.123. The van der Waals surface area contributed by atoms with Gasteiger partial charge in [0, 0.05) is 25.1 Å². The number of amides is 1. The first-order valence-electron chi connectivity index (χ1n) is 11.1. The van der Waals surface area contributed by atoms with Crippen molar-refractivity contribution in [2.24, 2.45) is 5.92 Å². The number of halogens is 3. The maximum atomic E-state index is 14.2. The number of benzene rings is 2. The van der Waals surface area contributed by atoms with Crippen molar-refractivity contribution in [3.8, 4) is 0 Å². The second kappa shape index (κ2) is 9.89. The Bertz CT molecular complexity index is 1520. The minimum absolute atomic E-state index is 0.0236. The van der Waals surface area contributed by atoms with Crippen molar-refractivity contribution in [3.05, 3.63) is 77.2 Å². The number of fused-ring (bicyclic) bond motifs is 1. The Kier molecular flexibility index (Phi) is 6.82. The van der Waals surface area contributed by atoms with Crippen LogP contribution in [0.3, 0.4) is 0 Å². The van der Waals surface area contributed by atoms with Gasteiger partial charge in [-0.3, -0.25) is 9.69 Å². The molecule has 4 aromatic rings. The van der Waals surface area contributed by atoms with E-state index in [9.17, 15) is 22.0 Å². The average molecular weight is 552 g/mol. The highest BCUT2D eigenvalue weighted by Gasteiger charge is 2.36. The summed E-state index contributed by atoms with van der Waals surface area (Å²) in [4.78, 5) is 19.2. The van der Waals surface area contributed by atoms with E-state index in [4.69, 9.17) is 16.0 Å². The Hall–Kier alpha value is -2.86. The second-order valence-corrected chi connectivity index (χ2v) is 11.7. The first-order valence-corrected chi connectivity index (χ1v) is 13.7. The zero-order valence-corrected chi connectivity index (χ0v) is 21.1. The molecule has 5 rings (SSSR count). The molecule has 1 amide bonds. The molecule has 2 aromatic heterocycles. The quantitative estimate of drug-likeness (QED) is 0.318. The molecule has 12 heteroatoms. The lowest BCUT2D eigenvalue weighted by atomic mass is 9.96. The van der Waals surface area contributed by atoms with Gasteiger partial charge in [-0.25, -0.2) is 22.2 Å². The van der Waals surface area contributed by atoms with Crippen LogP contribution in [0.5, 0.6) is 0 Å². The number of hydrogen-bond acceptors (Lipinski definition) is 6. The van der Waals surface area contributed by atoms with Crippen LogP contribution in [-0.2, 0) is 21.4 Å². The van der Waals surface area contributed by atoms with Crippen molar-refractivity contribution in [1.82, 2.24) is 9.29 Å². The fourth-order valence-electron chi connectivity index (χ4n) is 4.20. The van der Waals surface area contributed by atoms with Crippen LogP contribution >= 0.6 is 22.9 Å². The highest BCUT2D eigenvalue weighted by atomic mass is 35.5. The fraction of sp³-hybridized carbons (Fsp3) is 0.250. The number of para-hydroxylation sites is 1. The number of hydrogen-bond donors (Lipinski definition) is 0. The Balaban J connectivity index is 1.37. The third kappa shape index (κ3) is 4.75. The third-order valence-corrected chi connectivity index (χ3v) is 9.34. The number of furan rings is 1. The van der Waals surface area contributed by atoms with Gasteiger partial charge in [0.2, 0.25) is 15.9 Å². The highest BCUT2D eigenvalue weighted by Crippen LogP contribution is 2.35. The molecule has 0 spiro atoms. The molecule has 2 aromatic carbocycles. The van der Waals surface area contributed by atoms with Gasteiger partial charge >= 0.3 is 0 Å². The van der Waals surface area contributed by atoms with Crippen LogP contribution in [0.1, 0.15) is 18.6 Å². The number of aromatic nitrogens is 1. The number of anilines is 1. The highest BCUT2D eigenvalue weighted by molar-refractivity contribution is 7.89. The van der Waals surface area contributed by atoms with Crippen LogP contribution < -0.4 is 4.90 Å². The molecule has 0 bridgehead atoms. The molecule has 0 saturated carbocycles. The second-order valence-electron chi connectivity index (χ2n) is 8.34. The molecule has 1 saturated heterocycles. The van der Waals surface area contributed by atoms with Crippen molar-refractivity contribution in [2.45, 2.75) is 24.3 Å². The van der Waals surface area contributed by atoms with Crippen LogP contribution in [0.4, 0.5) is 13.9 Å². The van der Waals surface area contributed by atoms with E-state index in [-0.39, 0.29) is 38.4 Å². The summed E-state index contributed by atoms with van der Waals surface area (Å²) in [5, 5.41) is 0.940. The first-order chi connectivity index (χ1) is 17.2. The molecule has 188 valence electrons. The molecule has 3 heterocycles. The lowest BCUT2D eigenvalue weighted by Crippen LogP contribution is -2.44. The van der Waals surface area contributed by atoms with Gasteiger partial charge in [0.1, 0.15) is 27.8 Å². The van der Waals surface area contributed by atoms with Crippen molar-refractivity contribution >= 4 is 54.2 Å². The lowest BCUT2D eigenvalue weighted by Gasteiger charge is -2.32. The number of rotatable bonds is 6. The molecule has 0 N–H and O–H groups in total. The van der Waals surface area contributed by atoms with Gasteiger partial charge in [-0.05, 0) is 49.2 Å². The third-order valence-electron chi connectivity index (χ3n) is 6.06. The van der Waals surface area contributed by atoms with E-state index in [1.54, 1.807) is 18.2 Å². The van der Waals surface area contributed by atoms with Crippen molar-refractivity contribution < 1.29 is 26.4 Å². The summed E-state index contributed by atoms with van der Waals surface area (Å²) < 4.78 is 60.7. The SMILES string of the molecule is O=C(C1CCN(S(=O)(=O)c2ccc(F)cc2F)CC1)N(Cc1ccco1)c1nc2c(Cl)cccc2s1. The Morgan fingerprint density at radius 1 is 1.17 bits per heavy atom. The summed E-state index contributed by atoms with van der Waals surface area (Å²) >= 11 is 7.62. The molecule has 36 heavy (non-hydrogen) atoms. The van der Waals surface area contributed by atoms with Crippen molar-refractivity contribution in [2.75, 3.05) is 18.0 Å². The summed E-state index contributed by atoms with van der Waals surface area (Å²) in [7, 11) is -4.17. The molecule has 1 aliphatic heterocycles. The van der Waals surface area contributed by atoms with Crippen LogP contribution in [0.25, 0.3) is 10.2 Å². The molecule has 1 fully saturated rings. The monoisotopic (exact) mass is 551 g/mol. The number of carbonyl (C=O) groups excluding carboxylic acids is 1. The minimum Gasteiger partial charge on any atom is -0.467 e. The summed E-state index contributed by atoms with van der Waals surface area (Å²) in [6.45, 7) is 0.203. The Morgan fingerprint density at radius 2 is 1.94 bits per heavy atom. The molecule has 0 aliphatic carbocycles. The van der Waals surface area contributed by atoms with Crippen LogP contribution in [0.2, 0.25) is 5.02 Å². The standard InChI is InChI=1S/C24H20ClF2N3O4S2/c25-18-4-1-5-20-22(18)28-24(35-20)30(14-17-3-2-12-34-17)23(31)15-8-10-29(11-9-15)36(32,33)21-7-6-16(26)13-19(21)27/h1-7,12-13,15H,8-11,14H2. The average Bonchev–Trinajstić information content (AvgIpc) is 3.52. The number of carbonyl (C=O) groups is 1. The van der Waals surface area contributed by atoms with Crippen LogP contribution in [0.15, 0.2) is 64.1 Å². The maximum absolute atomic E-state index is 14.2. The molecule has 7 nitrogen and oxygen atoms in total. The predicted octanol–water partition coefficient (Wildman–Crippen LogP) is 5.46. The Morgan fingerprint density at radius 3 is 2.61 bits per heavy atom. The van der Waals surface area contributed by atoms with E-state index in [1.165, 1.54) is 22.5 Å². The van der Waals surface area contributed by atoms with Crippen LogP contribution in [0, 0.1) is 17.6 Å². The minimum atomic E-state index is -4.17. The first kappa shape index (κ1) is 24.8. The van der Waals surface area contributed by atoms with E-state index in [1.807, 2.05) is 12.1 Å². The van der Waals surface area contributed by atoms with Crippen LogP contribution in [-0.4, -0.2) is 36.7 Å². The number of sulfonamides is 1. The summed E-state index contributed by atoms with van der Waals surface area (Å²) in [5.41, 5.74) is 0.596.